The molecule has 7 nitrogen and oxygen atoms in total. The molecular formula is C23H38N6O. The maximum Gasteiger partial charge on any atom is 0.194 e. The van der Waals surface area contributed by atoms with Crippen LogP contribution in [0.3, 0.4) is 0 Å². The number of nitrogens with zero attached hydrogens (tertiary/aromatic N) is 5. The number of likely N-dealkylation sites (N-methyl/N-ethyl adjacent to an activating group) is 1. The van der Waals surface area contributed by atoms with Gasteiger partial charge in [-0.15, -0.1) is 0 Å². The summed E-state index contributed by atoms with van der Waals surface area (Å²) in [5, 5.41) is 8.07. The molecule has 30 heavy (non-hydrogen) atoms. The van der Waals surface area contributed by atoms with Crippen LogP contribution >= 0.6 is 0 Å². The number of rotatable bonds is 9. The lowest BCUT2D eigenvalue weighted by molar-refractivity contribution is 0.304. The summed E-state index contributed by atoms with van der Waals surface area (Å²) in [6.07, 6.45) is 2.11. The second kappa shape index (κ2) is 11.0. The fraction of sp³-hybridized carbons (Fsp3) is 0.565. The first-order valence-corrected chi connectivity index (χ1v) is 10.6. The van der Waals surface area contributed by atoms with Crippen molar-refractivity contribution in [1.82, 2.24) is 24.9 Å². The Morgan fingerprint density at radius 1 is 1.27 bits per heavy atom. The number of aliphatic imine (C=N–C) groups is 1. The van der Waals surface area contributed by atoms with Gasteiger partial charge in [0.15, 0.2) is 5.96 Å². The maximum atomic E-state index is 5.40. The average Bonchev–Trinajstić information content (AvgIpc) is 3.07. The Morgan fingerprint density at radius 3 is 2.60 bits per heavy atom. The number of aromatic nitrogens is 2. The number of hydrogen-bond donors (Lipinski definition) is 1. The predicted octanol–water partition coefficient (Wildman–Crippen LogP) is 3.25. The van der Waals surface area contributed by atoms with Crippen LogP contribution in [0.2, 0.25) is 0 Å². The summed E-state index contributed by atoms with van der Waals surface area (Å²) < 4.78 is 7.30. The van der Waals surface area contributed by atoms with E-state index in [1.165, 1.54) is 11.1 Å². The zero-order valence-corrected chi connectivity index (χ0v) is 19.8. The number of guanidine groups is 1. The third kappa shape index (κ3) is 6.23. The summed E-state index contributed by atoms with van der Waals surface area (Å²) in [5.41, 5.74) is 3.57. The van der Waals surface area contributed by atoms with Gasteiger partial charge in [-0.05, 0) is 44.6 Å². The molecule has 1 aromatic carbocycles. The molecule has 2 rings (SSSR count). The summed E-state index contributed by atoms with van der Waals surface area (Å²) >= 11 is 0. The first-order valence-electron chi connectivity index (χ1n) is 10.6. The van der Waals surface area contributed by atoms with Crippen LogP contribution in [0.1, 0.15) is 49.6 Å². The Bertz CT molecular complexity index is 827. The lowest BCUT2D eigenvalue weighted by atomic mass is 10.1. The van der Waals surface area contributed by atoms with Crippen LogP contribution in [0.5, 0.6) is 5.75 Å². The van der Waals surface area contributed by atoms with E-state index >= 15 is 0 Å². The largest absolute Gasteiger partial charge is 0.497 e. The van der Waals surface area contributed by atoms with Gasteiger partial charge in [0.2, 0.25) is 0 Å². The van der Waals surface area contributed by atoms with Gasteiger partial charge in [-0.3, -0.25) is 9.67 Å². The fourth-order valence-electron chi connectivity index (χ4n) is 3.55. The van der Waals surface area contributed by atoms with Crippen molar-refractivity contribution in [2.75, 3.05) is 41.3 Å². The number of aryl methyl sites for hydroxylation is 1. The minimum absolute atomic E-state index is 0.159. The highest BCUT2D eigenvalue weighted by Gasteiger charge is 2.18. The van der Waals surface area contributed by atoms with Crippen molar-refractivity contribution in [2.24, 2.45) is 12.0 Å². The average molecular weight is 415 g/mol. The van der Waals surface area contributed by atoms with E-state index in [1.807, 2.05) is 23.9 Å². The van der Waals surface area contributed by atoms with Crippen LogP contribution in [0.4, 0.5) is 0 Å². The monoisotopic (exact) mass is 414 g/mol. The minimum atomic E-state index is 0.159. The smallest absolute Gasteiger partial charge is 0.194 e. The van der Waals surface area contributed by atoms with Gasteiger partial charge in [0, 0.05) is 38.9 Å². The summed E-state index contributed by atoms with van der Waals surface area (Å²) in [4.78, 5) is 9.33. The van der Waals surface area contributed by atoms with Crippen LogP contribution in [-0.2, 0) is 13.6 Å². The van der Waals surface area contributed by atoms with E-state index in [2.05, 4.69) is 80.5 Å². The summed E-state index contributed by atoms with van der Waals surface area (Å²) in [7, 11) is 9.92. The highest BCUT2D eigenvalue weighted by Crippen LogP contribution is 2.23. The molecule has 166 valence electrons. The second-order valence-electron chi connectivity index (χ2n) is 8.17. The van der Waals surface area contributed by atoms with Crippen molar-refractivity contribution >= 4 is 5.96 Å². The van der Waals surface area contributed by atoms with Gasteiger partial charge in [0.1, 0.15) is 5.75 Å². The molecule has 0 bridgehead atoms. The van der Waals surface area contributed by atoms with Crippen LogP contribution in [0.15, 0.2) is 35.5 Å². The van der Waals surface area contributed by atoms with E-state index in [0.29, 0.717) is 12.5 Å². The topological polar surface area (TPSA) is 57.9 Å². The van der Waals surface area contributed by atoms with Gasteiger partial charge in [-0.2, -0.15) is 5.10 Å². The van der Waals surface area contributed by atoms with E-state index in [-0.39, 0.29) is 6.04 Å². The van der Waals surface area contributed by atoms with Gasteiger partial charge in [0.25, 0.3) is 0 Å². The van der Waals surface area contributed by atoms with E-state index in [0.717, 1.165) is 30.5 Å². The number of ether oxygens (including phenoxy) is 1. The molecule has 1 aromatic heterocycles. The Kier molecular flexibility index (Phi) is 8.72. The van der Waals surface area contributed by atoms with E-state index in [4.69, 9.17) is 9.73 Å². The maximum absolute atomic E-state index is 5.40. The van der Waals surface area contributed by atoms with Crippen molar-refractivity contribution in [3.05, 3.63) is 47.3 Å². The zero-order chi connectivity index (χ0) is 22.3. The lowest BCUT2D eigenvalue weighted by Crippen LogP contribution is -2.39. The molecule has 7 heteroatoms. The third-order valence-electron chi connectivity index (χ3n) is 5.10. The molecule has 0 fully saturated rings. The second-order valence-corrected chi connectivity index (χ2v) is 8.17. The molecule has 1 unspecified atom stereocenters. The number of methoxy groups -OCH3 is 1. The highest BCUT2D eigenvalue weighted by molar-refractivity contribution is 5.79. The standard InChI is InChI=1S/C23H38N6O/c1-9-24-23(28(6)15-19-16-29(7)26-22(19)17(2)3)25-14-21(27(4)5)18-11-10-12-20(13-18)30-8/h10-13,16-17,21H,9,14-15H2,1-8H3,(H,24,25). The van der Waals surface area contributed by atoms with E-state index in [9.17, 15) is 0 Å². The van der Waals surface area contributed by atoms with Gasteiger partial charge in [-0.1, -0.05) is 26.0 Å². The quantitative estimate of drug-likeness (QED) is 0.504. The van der Waals surface area contributed by atoms with Crippen molar-refractivity contribution in [3.8, 4) is 5.75 Å². The number of benzene rings is 1. The zero-order valence-electron chi connectivity index (χ0n) is 19.8. The predicted molar refractivity (Wildman–Crippen MR) is 124 cm³/mol. The third-order valence-corrected chi connectivity index (χ3v) is 5.10. The minimum Gasteiger partial charge on any atom is -0.497 e. The Labute approximate surface area is 181 Å². The molecular weight excluding hydrogens is 376 g/mol. The first kappa shape index (κ1) is 23.7. The SMILES string of the molecule is CCNC(=NCC(c1cccc(OC)c1)N(C)C)N(C)Cc1cn(C)nc1C(C)C. The Hall–Kier alpha value is -2.54. The van der Waals surface area contributed by atoms with Gasteiger partial charge in [0.05, 0.1) is 25.4 Å². The van der Waals surface area contributed by atoms with Crippen molar-refractivity contribution in [3.63, 3.8) is 0 Å². The van der Waals surface area contributed by atoms with Gasteiger partial charge < -0.3 is 19.9 Å². The van der Waals surface area contributed by atoms with Gasteiger partial charge >= 0.3 is 0 Å². The molecule has 0 spiro atoms. The number of hydrogen-bond acceptors (Lipinski definition) is 4. The molecule has 0 radical (unpaired) electrons. The molecule has 0 saturated carbocycles. The summed E-state index contributed by atoms with van der Waals surface area (Å²) in [6.45, 7) is 8.69. The molecule has 1 heterocycles. The van der Waals surface area contributed by atoms with Gasteiger partial charge in [-0.25, -0.2) is 0 Å². The highest BCUT2D eigenvalue weighted by atomic mass is 16.5. The summed E-state index contributed by atoms with van der Waals surface area (Å²) in [6, 6.07) is 8.37. The molecule has 0 amide bonds. The Balaban J connectivity index is 2.22. The molecule has 0 aliphatic rings. The molecule has 0 aliphatic carbocycles. The van der Waals surface area contributed by atoms with Crippen molar-refractivity contribution < 1.29 is 4.74 Å². The van der Waals surface area contributed by atoms with Crippen LogP contribution in [-0.4, -0.2) is 66.9 Å². The van der Waals surface area contributed by atoms with Crippen molar-refractivity contribution in [1.29, 1.82) is 0 Å². The molecule has 0 saturated heterocycles. The van der Waals surface area contributed by atoms with Crippen LogP contribution < -0.4 is 10.1 Å². The van der Waals surface area contributed by atoms with E-state index < -0.39 is 0 Å². The van der Waals surface area contributed by atoms with Crippen LogP contribution in [0.25, 0.3) is 0 Å². The first-order chi connectivity index (χ1) is 14.3. The summed E-state index contributed by atoms with van der Waals surface area (Å²) in [5.74, 6) is 2.15. The molecule has 1 N–H and O–H groups in total. The van der Waals surface area contributed by atoms with E-state index in [1.54, 1.807) is 7.11 Å². The Morgan fingerprint density at radius 2 is 2.00 bits per heavy atom. The molecule has 1 atom stereocenters. The van der Waals surface area contributed by atoms with Crippen molar-refractivity contribution in [2.45, 2.75) is 39.3 Å². The molecule has 0 aliphatic heterocycles. The normalized spacial score (nSPS) is 13.1. The molecule has 2 aromatic rings. The fourth-order valence-corrected chi connectivity index (χ4v) is 3.55. The lowest BCUT2D eigenvalue weighted by Gasteiger charge is -2.26. The number of nitrogens with one attached hydrogen (secondary N) is 1. The van der Waals surface area contributed by atoms with Crippen LogP contribution in [0, 0.1) is 0 Å².